The first-order chi connectivity index (χ1) is 10.1. The SMILES string of the molecule is CC(C)n1cncc1CN1C[C@@H]2COC[C@H](C1)N(C)C2=O. The molecule has 2 atom stereocenters. The van der Waals surface area contributed by atoms with Gasteiger partial charge in [-0.15, -0.1) is 0 Å². The van der Waals surface area contributed by atoms with Crippen molar-refractivity contribution in [3.8, 4) is 0 Å². The molecule has 1 aromatic heterocycles. The molecule has 2 saturated heterocycles. The Labute approximate surface area is 125 Å². The van der Waals surface area contributed by atoms with Crippen LogP contribution in [-0.2, 0) is 16.1 Å². The molecule has 2 aliphatic heterocycles. The monoisotopic (exact) mass is 292 g/mol. The zero-order chi connectivity index (χ0) is 15.0. The van der Waals surface area contributed by atoms with Gasteiger partial charge in [0.05, 0.1) is 37.2 Å². The molecule has 1 aromatic rings. The van der Waals surface area contributed by atoms with E-state index in [1.807, 2.05) is 24.5 Å². The second-order valence-corrected chi connectivity index (χ2v) is 6.42. The summed E-state index contributed by atoms with van der Waals surface area (Å²) in [5.41, 5.74) is 1.21. The van der Waals surface area contributed by atoms with Crippen molar-refractivity contribution in [1.82, 2.24) is 19.4 Å². The smallest absolute Gasteiger partial charge is 0.229 e. The largest absolute Gasteiger partial charge is 0.378 e. The summed E-state index contributed by atoms with van der Waals surface area (Å²) < 4.78 is 7.84. The topological polar surface area (TPSA) is 50.6 Å². The van der Waals surface area contributed by atoms with Crippen molar-refractivity contribution >= 4 is 5.91 Å². The second kappa shape index (κ2) is 5.77. The Morgan fingerprint density at radius 3 is 2.95 bits per heavy atom. The standard InChI is InChI=1S/C15H24N4O2/c1-11(2)19-10-16-4-13(19)6-18-5-12-8-21-9-14(7-18)17(3)15(12)20/h4,10-12,14H,5-9H2,1-3H3/t12-,14+/m1/s1. The van der Waals surface area contributed by atoms with Gasteiger partial charge in [-0.3, -0.25) is 9.69 Å². The molecule has 1 amide bonds. The number of nitrogens with zero attached hydrogens (tertiary/aromatic N) is 4. The molecule has 0 spiro atoms. The third-order valence-electron chi connectivity index (χ3n) is 4.51. The Balaban J connectivity index is 1.77. The lowest BCUT2D eigenvalue weighted by molar-refractivity contribution is -0.133. The molecular weight excluding hydrogens is 268 g/mol. The van der Waals surface area contributed by atoms with Gasteiger partial charge in [-0.05, 0) is 13.8 Å². The fourth-order valence-electron chi connectivity index (χ4n) is 3.27. The third kappa shape index (κ3) is 2.82. The normalized spacial score (nSPS) is 27.2. The van der Waals surface area contributed by atoms with Crippen molar-refractivity contribution in [3.63, 3.8) is 0 Å². The van der Waals surface area contributed by atoms with Crippen molar-refractivity contribution in [2.75, 3.05) is 33.4 Å². The summed E-state index contributed by atoms with van der Waals surface area (Å²) in [5, 5.41) is 0. The van der Waals surface area contributed by atoms with Crippen molar-refractivity contribution in [3.05, 3.63) is 18.2 Å². The van der Waals surface area contributed by atoms with Crippen LogP contribution in [0.1, 0.15) is 25.6 Å². The van der Waals surface area contributed by atoms with Gasteiger partial charge in [-0.2, -0.15) is 0 Å². The van der Waals surface area contributed by atoms with E-state index in [0.717, 1.165) is 19.6 Å². The highest BCUT2D eigenvalue weighted by Crippen LogP contribution is 2.21. The summed E-state index contributed by atoms with van der Waals surface area (Å²) >= 11 is 0. The van der Waals surface area contributed by atoms with Crippen LogP contribution in [0.15, 0.2) is 12.5 Å². The van der Waals surface area contributed by atoms with Crippen LogP contribution in [-0.4, -0.2) is 64.7 Å². The molecule has 2 fully saturated rings. The summed E-state index contributed by atoms with van der Waals surface area (Å²) in [6.07, 6.45) is 3.82. The lowest BCUT2D eigenvalue weighted by atomic mass is 10.1. The van der Waals surface area contributed by atoms with Crippen LogP contribution < -0.4 is 0 Å². The fraction of sp³-hybridized carbons (Fsp3) is 0.733. The number of amides is 1. The van der Waals surface area contributed by atoms with Gasteiger partial charge in [0.15, 0.2) is 0 Å². The van der Waals surface area contributed by atoms with E-state index in [-0.39, 0.29) is 17.9 Å². The van der Waals surface area contributed by atoms with Gasteiger partial charge in [-0.25, -0.2) is 4.98 Å². The predicted octanol–water partition coefficient (Wildman–Crippen LogP) is 0.753. The quantitative estimate of drug-likeness (QED) is 0.825. The number of rotatable bonds is 3. The van der Waals surface area contributed by atoms with E-state index in [1.54, 1.807) is 0 Å². The number of imidazole rings is 1. The first-order valence-corrected chi connectivity index (χ1v) is 7.63. The average Bonchev–Trinajstić information content (AvgIpc) is 2.79. The molecule has 0 aromatic carbocycles. The number of ether oxygens (including phenoxy) is 1. The highest BCUT2D eigenvalue weighted by atomic mass is 16.5. The van der Waals surface area contributed by atoms with Gasteiger partial charge in [0.1, 0.15) is 0 Å². The molecule has 6 nitrogen and oxygen atoms in total. The lowest BCUT2D eigenvalue weighted by Gasteiger charge is -2.29. The first kappa shape index (κ1) is 14.5. The highest BCUT2D eigenvalue weighted by Gasteiger charge is 2.37. The number of carbonyl (C=O) groups is 1. The fourth-order valence-corrected chi connectivity index (χ4v) is 3.27. The maximum absolute atomic E-state index is 12.4. The van der Waals surface area contributed by atoms with E-state index in [4.69, 9.17) is 4.74 Å². The second-order valence-electron chi connectivity index (χ2n) is 6.42. The van der Waals surface area contributed by atoms with Crippen molar-refractivity contribution in [1.29, 1.82) is 0 Å². The van der Waals surface area contributed by atoms with Crippen LogP contribution in [0.4, 0.5) is 0 Å². The number of hydrogen-bond acceptors (Lipinski definition) is 4. The van der Waals surface area contributed by atoms with Gasteiger partial charge in [0.2, 0.25) is 5.91 Å². The van der Waals surface area contributed by atoms with Crippen LogP contribution in [0.3, 0.4) is 0 Å². The molecule has 0 radical (unpaired) electrons. The molecule has 0 N–H and O–H groups in total. The van der Waals surface area contributed by atoms with Gasteiger partial charge in [-0.1, -0.05) is 0 Å². The number of aromatic nitrogens is 2. The average molecular weight is 292 g/mol. The van der Waals surface area contributed by atoms with Crippen molar-refractivity contribution < 1.29 is 9.53 Å². The number of fused-ring (bicyclic) bond motifs is 3. The van der Waals surface area contributed by atoms with E-state index in [0.29, 0.717) is 19.3 Å². The number of hydrogen-bond donors (Lipinski definition) is 0. The minimum atomic E-state index is -0.0436. The summed E-state index contributed by atoms with van der Waals surface area (Å²) in [6, 6.07) is 0.557. The number of likely N-dealkylation sites (N-methyl/N-ethyl adjacent to an activating group) is 1. The van der Waals surface area contributed by atoms with Crippen molar-refractivity contribution in [2.45, 2.75) is 32.5 Å². The molecule has 3 rings (SSSR count). The van der Waals surface area contributed by atoms with Crippen LogP contribution >= 0.6 is 0 Å². The Morgan fingerprint density at radius 2 is 2.19 bits per heavy atom. The highest BCUT2D eigenvalue weighted by molar-refractivity contribution is 5.79. The van der Waals surface area contributed by atoms with E-state index < -0.39 is 0 Å². The summed E-state index contributed by atoms with van der Waals surface area (Å²) in [7, 11) is 1.90. The van der Waals surface area contributed by atoms with E-state index in [9.17, 15) is 4.79 Å². The molecule has 2 bridgehead atoms. The van der Waals surface area contributed by atoms with Crippen LogP contribution in [0, 0.1) is 5.92 Å². The zero-order valence-electron chi connectivity index (χ0n) is 13.0. The lowest BCUT2D eigenvalue weighted by Crippen LogP contribution is -2.43. The van der Waals surface area contributed by atoms with Gasteiger partial charge in [0.25, 0.3) is 0 Å². The summed E-state index contributed by atoms with van der Waals surface area (Å²) in [6.45, 7) is 7.97. The van der Waals surface area contributed by atoms with Gasteiger partial charge < -0.3 is 14.2 Å². The minimum absolute atomic E-state index is 0.0436. The molecule has 0 unspecified atom stereocenters. The molecule has 6 heteroatoms. The Morgan fingerprint density at radius 1 is 1.38 bits per heavy atom. The third-order valence-corrected chi connectivity index (χ3v) is 4.51. The summed E-state index contributed by atoms with van der Waals surface area (Å²) in [5.74, 6) is 0.176. The molecule has 3 heterocycles. The molecule has 21 heavy (non-hydrogen) atoms. The van der Waals surface area contributed by atoms with E-state index in [1.165, 1.54) is 5.69 Å². The molecule has 0 aliphatic carbocycles. The molecule has 116 valence electrons. The first-order valence-electron chi connectivity index (χ1n) is 7.63. The Bertz CT molecular complexity index is 514. The van der Waals surface area contributed by atoms with Gasteiger partial charge in [0, 0.05) is 38.9 Å². The molecule has 0 saturated carbocycles. The predicted molar refractivity (Wildman–Crippen MR) is 78.8 cm³/mol. The number of carbonyl (C=O) groups excluding carboxylic acids is 1. The zero-order valence-corrected chi connectivity index (χ0v) is 13.0. The van der Waals surface area contributed by atoms with E-state index in [2.05, 4.69) is 28.3 Å². The maximum atomic E-state index is 12.4. The van der Waals surface area contributed by atoms with Gasteiger partial charge >= 0.3 is 0 Å². The maximum Gasteiger partial charge on any atom is 0.229 e. The Hall–Kier alpha value is -1.40. The Kier molecular flexibility index (Phi) is 3.99. The minimum Gasteiger partial charge on any atom is -0.378 e. The van der Waals surface area contributed by atoms with E-state index >= 15 is 0 Å². The van der Waals surface area contributed by atoms with Crippen LogP contribution in [0.25, 0.3) is 0 Å². The van der Waals surface area contributed by atoms with Crippen LogP contribution in [0.2, 0.25) is 0 Å². The molecular formula is C15H24N4O2. The molecule has 2 aliphatic rings. The van der Waals surface area contributed by atoms with Crippen LogP contribution in [0.5, 0.6) is 0 Å². The van der Waals surface area contributed by atoms with Crippen molar-refractivity contribution in [2.24, 2.45) is 5.92 Å². The summed E-state index contributed by atoms with van der Waals surface area (Å²) in [4.78, 5) is 20.9.